The smallest absolute Gasteiger partial charge is 0.321 e. The molecule has 1 aliphatic heterocycles. The van der Waals surface area contributed by atoms with Gasteiger partial charge in [-0.1, -0.05) is 0 Å². The summed E-state index contributed by atoms with van der Waals surface area (Å²) < 4.78 is 1.62. The van der Waals surface area contributed by atoms with Crippen molar-refractivity contribution in [3.63, 3.8) is 0 Å². The monoisotopic (exact) mass is 325 g/mol. The van der Waals surface area contributed by atoms with E-state index in [0.717, 1.165) is 26.2 Å². The Morgan fingerprint density at radius 3 is 2.00 bits per heavy atom. The first-order valence-electron chi connectivity index (χ1n) is 5.26. The first-order chi connectivity index (χ1) is 6.82. The molecule has 1 rings (SSSR count). The first kappa shape index (κ1) is 13.0. The highest BCUT2D eigenvalue weighted by molar-refractivity contribution is 14.1. The van der Waals surface area contributed by atoms with Crippen molar-refractivity contribution in [1.82, 2.24) is 12.9 Å². The molecule has 0 aromatic carbocycles. The lowest BCUT2D eigenvalue weighted by molar-refractivity contribution is 0.0721. The van der Waals surface area contributed by atoms with Gasteiger partial charge in [-0.25, -0.2) is 4.79 Å². The lowest BCUT2D eigenvalue weighted by atomic mass is 10.1. The summed E-state index contributed by atoms with van der Waals surface area (Å²) in [7, 11) is 1.79. The molecule has 0 aromatic rings. The fourth-order valence-electron chi connectivity index (χ4n) is 1.76. The second kappa shape index (κ2) is 4.86. The van der Waals surface area contributed by atoms with Crippen LogP contribution >= 0.6 is 22.9 Å². The molecule has 1 fully saturated rings. The van der Waals surface area contributed by atoms with E-state index in [9.17, 15) is 4.79 Å². The normalized spacial score (nSPS) is 19.1. The summed E-state index contributed by atoms with van der Waals surface area (Å²) in [6.45, 7) is 10.3. The maximum Gasteiger partial charge on any atom is 0.328 e. The van der Waals surface area contributed by atoms with Crippen LogP contribution in [0.3, 0.4) is 0 Å². The van der Waals surface area contributed by atoms with Crippen LogP contribution in [0.25, 0.3) is 0 Å². The highest BCUT2D eigenvalue weighted by Gasteiger charge is 2.28. The molecule has 0 N–H and O–H groups in total. The van der Waals surface area contributed by atoms with Crippen molar-refractivity contribution in [3.8, 4) is 0 Å². The zero-order valence-corrected chi connectivity index (χ0v) is 12.1. The van der Waals surface area contributed by atoms with Gasteiger partial charge in [0.05, 0.1) is 22.9 Å². The zero-order chi connectivity index (χ0) is 11.6. The fourth-order valence-corrected chi connectivity index (χ4v) is 2.07. The molecule has 0 bridgehead atoms. The molecule has 88 valence electrons. The molecule has 4 nitrogen and oxygen atoms in total. The number of halogens is 1. The maximum absolute atomic E-state index is 11.7. The zero-order valence-electron chi connectivity index (χ0n) is 9.96. The number of amides is 2. The van der Waals surface area contributed by atoms with Crippen LogP contribution in [0.1, 0.15) is 20.8 Å². The predicted molar refractivity (Wildman–Crippen MR) is 70.1 cm³/mol. The van der Waals surface area contributed by atoms with Crippen LogP contribution in [0.15, 0.2) is 0 Å². The number of rotatable bonds is 0. The molecule has 0 aliphatic carbocycles. The van der Waals surface area contributed by atoms with Crippen LogP contribution in [0.4, 0.5) is 4.79 Å². The molecule has 1 saturated heterocycles. The maximum atomic E-state index is 11.7. The highest BCUT2D eigenvalue weighted by atomic mass is 127. The molecule has 1 heterocycles. The van der Waals surface area contributed by atoms with Gasteiger partial charge >= 0.3 is 6.03 Å². The van der Waals surface area contributed by atoms with Gasteiger partial charge < -0.3 is 4.90 Å². The molecular formula is C10H20IN3O. The summed E-state index contributed by atoms with van der Waals surface area (Å²) in [5.41, 5.74) is 0.214. The van der Waals surface area contributed by atoms with Gasteiger partial charge in [-0.05, 0) is 20.8 Å². The Bertz CT molecular complexity index is 229. The van der Waals surface area contributed by atoms with Gasteiger partial charge in [0.15, 0.2) is 0 Å². The van der Waals surface area contributed by atoms with Crippen molar-refractivity contribution in [3.05, 3.63) is 0 Å². The lowest BCUT2D eigenvalue weighted by Gasteiger charge is -2.42. The average Bonchev–Trinajstić information content (AvgIpc) is 2.15. The van der Waals surface area contributed by atoms with Crippen LogP contribution in [0.2, 0.25) is 0 Å². The van der Waals surface area contributed by atoms with E-state index in [1.54, 1.807) is 10.2 Å². The molecule has 0 radical (unpaired) electrons. The molecule has 0 saturated carbocycles. The number of nitrogens with zero attached hydrogens (tertiary/aromatic N) is 3. The van der Waals surface area contributed by atoms with Gasteiger partial charge in [0.25, 0.3) is 0 Å². The number of hydrogen-bond acceptors (Lipinski definition) is 2. The summed E-state index contributed by atoms with van der Waals surface area (Å²) >= 11 is 2.02. The van der Waals surface area contributed by atoms with Crippen molar-refractivity contribution in [2.24, 2.45) is 0 Å². The minimum atomic E-state index is 0.115. The van der Waals surface area contributed by atoms with Crippen LogP contribution in [0.5, 0.6) is 0 Å². The van der Waals surface area contributed by atoms with Gasteiger partial charge in [0.2, 0.25) is 0 Å². The number of piperazine rings is 1. The summed E-state index contributed by atoms with van der Waals surface area (Å²) in [5.74, 6) is 0. The molecule has 0 atom stereocenters. The quantitative estimate of drug-likeness (QED) is 0.502. The highest BCUT2D eigenvalue weighted by Crippen LogP contribution is 2.16. The SMILES string of the molecule is CN(I)C(=O)N1CCN(C(C)(C)C)CC1. The number of hydrogen-bond donors (Lipinski definition) is 0. The van der Waals surface area contributed by atoms with Gasteiger partial charge in [0.1, 0.15) is 0 Å². The van der Waals surface area contributed by atoms with Gasteiger partial charge in [-0.3, -0.25) is 8.01 Å². The molecule has 5 heteroatoms. The summed E-state index contributed by atoms with van der Waals surface area (Å²) in [4.78, 5) is 16.0. The first-order valence-corrected chi connectivity index (χ1v) is 6.22. The van der Waals surface area contributed by atoms with E-state index >= 15 is 0 Å². The van der Waals surface area contributed by atoms with E-state index in [1.807, 2.05) is 27.8 Å². The second-order valence-electron chi connectivity index (χ2n) is 4.90. The Kier molecular flexibility index (Phi) is 4.22. The minimum Gasteiger partial charge on any atom is -0.321 e. The third-order valence-electron chi connectivity index (χ3n) is 2.76. The van der Waals surface area contributed by atoms with E-state index in [1.165, 1.54) is 0 Å². The van der Waals surface area contributed by atoms with Crippen molar-refractivity contribution < 1.29 is 4.79 Å². The molecular weight excluding hydrogens is 305 g/mol. The third kappa shape index (κ3) is 3.48. The number of carbonyl (C=O) groups is 1. The Labute approximate surface area is 106 Å². The van der Waals surface area contributed by atoms with E-state index in [2.05, 4.69) is 25.7 Å². The second-order valence-corrected chi connectivity index (χ2v) is 6.35. The number of urea groups is 1. The summed E-state index contributed by atoms with van der Waals surface area (Å²) in [5, 5.41) is 0. The van der Waals surface area contributed by atoms with Crippen molar-refractivity contribution in [1.29, 1.82) is 0 Å². The molecule has 15 heavy (non-hydrogen) atoms. The van der Waals surface area contributed by atoms with Crippen LogP contribution in [-0.2, 0) is 0 Å². The predicted octanol–water partition coefficient (Wildman–Crippen LogP) is 1.80. The fraction of sp³-hybridized carbons (Fsp3) is 0.900. The average molecular weight is 325 g/mol. The van der Waals surface area contributed by atoms with Crippen LogP contribution < -0.4 is 0 Å². The summed E-state index contributed by atoms with van der Waals surface area (Å²) in [6, 6.07) is 0.115. The van der Waals surface area contributed by atoms with Crippen molar-refractivity contribution in [2.75, 3.05) is 33.2 Å². The molecule has 1 aliphatic rings. The Hall–Kier alpha value is -0.0400. The minimum absolute atomic E-state index is 0.115. The van der Waals surface area contributed by atoms with E-state index in [4.69, 9.17) is 0 Å². The van der Waals surface area contributed by atoms with Gasteiger partial charge in [-0.2, -0.15) is 0 Å². The van der Waals surface area contributed by atoms with E-state index < -0.39 is 0 Å². The topological polar surface area (TPSA) is 26.8 Å². The Morgan fingerprint density at radius 1 is 1.20 bits per heavy atom. The standard InChI is InChI=1S/C10H20IN3O/c1-10(2,3)14-7-5-13(6-8-14)9(15)12(4)11/h5-8H2,1-4H3. The molecule has 0 aromatic heterocycles. The van der Waals surface area contributed by atoms with E-state index in [0.29, 0.717) is 0 Å². The van der Waals surface area contributed by atoms with Crippen LogP contribution in [0, 0.1) is 0 Å². The van der Waals surface area contributed by atoms with Gasteiger partial charge in [0, 0.05) is 38.8 Å². The molecule has 0 spiro atoms. The number of carbonyl (C=O) groups excluding carboxylic acids is 1. The summed E-state index contributed by atoms with van der Waals surface area (Å²) in [6.07, 6.45) is 0. The third-order valence-corrected chi connectivity index (χ3v) is 3.18. The van der Waals surface area contributed by atoms with Crippen molar-refractivity contribution >= 4 is 28.9 Å². The largest absolute Gasteiger partial charge is 0.328 e. The van der Waals surface area contributed by atoms with E-state index in [-0.39, 0.29) is 11.6 Å². The Balaban J connectivity index is 2.46. The lowest BCUT2D eigenvalue weighted by Crippen LogP contribution is -2.55. The molecule has 0 unspecified atom stereocenters. The van der Waals surface area contributed by atoms with Crippen molar-refractivity contribution in [2.45, 2.75) is 26.3 Å². The van der Waals surface area contributed by atoms with Gasteiger partial charge in [-0.15, -0.1) is 0 Å². The van der Waals surface area contributed by atoms with Crippen LogP contribution in [-0.4, -0.2) is 57.7 Å². The molecule has 2 amide bonds. The Morgan fingerprint density at radius 2 is 1.67 bits per heavy atom.